The number of rotatable bonds is 2. The molecule has 0 saturated heterocycles. The van der Waals surface area contributed by atoms with E-state index in [1.54, 1.807) is 0 Å². The Morgan fingerprint density at radius 2 is 1.88 bits per heavy atom. The van der Waals surface area contributed by atoms with E-state index in [0.29, 0.717) is 17.9 Å². The van der Waals surface area contributed by atoms with Crippen LogP contribution in [0.3, 0.4) is 0 Å². The van der Waals surface area contributed by atoms with Crippen LogP contribution in [0, 0.1) is 0 Å². The van der Waals surface area contributed by atoms with E-state index in [1.807, 2.05) is 17.0 Å². The zero-order valence-electron chi connectivity index (χ0n) is 18.5. The van der Waals surface area contributed by atoms with Gasteiger partial charge in [0.15, 0.2) is 0 Å². The molecule has 1 aliphatic carbocycles. The molecule has 5 heteroatoms. The number of hydrogen-bond acceptors (Lipinski definition) is 3. The molecule has 1 aromatic heterocycles. The van der Waals surface area contributed by atoms with Crippen LogP contribution >= 0.6 is 0 Å². The first-order valence-corrected chi connectivity index (χ1v) is 11.8. The third-order valence-corrected chi connectivity index (χ3v) is 7.59. The van der Waals surface area contributed by atoms with Crippen molar-refractivity contribution in [2.75, 3.05) is 18.6 Å². The Morgan fingerprint density at radius 3 is 2.69 bits per heavy atom. The summed E-state index contributed by atoms with van der Waals surface area (Å²) in [6.45, 7) is 1.56. The van der Waals surface area contributed by atoms with E-state index in [-0.39, 0.29) is 11.9 Å². The molecule has 0 spiro atoms. The Kier molecular flexibility index (Phi) is 4.60. The van der Waals surface area contributed by atoms with Gasteiger partial charge < -0.3 is 14.2 Å². The minimum atomic E-state index is -0.301. The molecule has 3 aromatic rings. The maximum absolute atomic E-state index is 12.8. The molecule has 0 N–H and O–H groups in total. The molecule has 1 saturated carbocycles. The van der Waals surface area contributed by atoms with Gasteiger partial charge in [0.05, 0.1) is 30.5 Å². The van der Waals surface area contributed by atoms with Crippen molar-refractivity contribution >= 4 is 28.5 Å². The van der Waals surface area contributed by atoms with Crippen molar-refractivity contribution < 1.29 is 14.3 Å². The van der Waals surface area contributed by atoms with E-state index in [4.69, 9.17) is 4.74 Å². The monoisotopic (exact) mass is 428 g/mol. The number of para-hydroxylation sites is 1. The van der Waals surface area contributed by atoms with Gasteiger partial charge in [0, 0.05) is 29.6 Å². The molecule has 0 radical (unpaired) electrons. The van der Waals surface area contributed by atoms with E-state index in [1.165, 1.54) is 61.4 Å². The summed E-state index contributed by atoms with van der Waals surface area (Å²) in [6, 6.07) is 12.4. The lowest BCUT2D eigenvalue weighted by atomic mass is 9.81. The summed E-state index contributed by atoms with van der Waals surface area (Å²) in [5.74, 6) is 0.418. The fourth-order valence-corrected chi connectivity index (χ4v) is 6.20. The molecule has 1 amide bonds. The normalized spacial score (nSPS) is 18.3. The summed E-state index contributed by atoms with van der Waals surface area (Å²) in [6.07, 6.45) is 7.60. The van der Waals surface area contributed by atoms with Crippen LogP contribution in [0.4, 0.5) is 5.69 Å². The summed E-state index contributed by atoms with van der Waals surface area (Å²) in [5, 5.41) is 1.25. The Morgan fingerprint density at radius 1 is 1.03 bits per heavy atom. The van der Waals surface area contributed by atoms with Crippen LogP contribution in [0.25, 0.3) is 22.2 Å². The number of methoxy groups -OCH3 is 1. The van der Waals surface area contributed by atoms with Crippen LogP contribution in [-0.2, 0) is 22.5 Å². The van der Waals surface area contributed by atoms with Gasteiger partial charge in [-0.15, -0.1) is 0 Å². The zero-order chi connectivity index (χ0) is 21.8. The summed E-state index contributed by atoms with van der Waals surface area (Å²) < 4.78 is 7.43. The number of fused-ring (bicyclic) bond motifs is 4. The molecule has 6 rings (SSSR count). The van der Waals surface area contributed by atoms with Gasteiger partial charge in [0.2, 0.25) is 5.91 Å². The van der Waals surface area contributed by atoms with Crippen LogP contribution in [0.1, 0.15) is 65.9 Å². The zero-order valence-corrected chi connectivity index (χ0v) is 18.5. The summed E-state index contributed by atoms with van der Waals surface area (Å²) in [7, 11) is 1.43. The fraction of sp³-hybridized carbons (Fsp3) is 0.407. The van der Waals surface area contributed by atoms with Crippen LogP contribution in [-0.4, -0.2) is 30.1 Å². The van der Waals surface area contributed by atoms with Gasteiger partial charge >= 0.3 is 5.97 Å². The molecule has 5 nitrogen and oxygen atoms in total. The molecule has 164 valence electrons. The van der Waals surface area contributed by atoms with E-state index in [0.717, 1.165) is 36.3 Å². The maximum atomic E-state index is 12.8. The van der Waals surface area contributed by atoms with E-state index < -0.39 is 0 Å². The van der Waals surface area contributed by atoms with Crippen LogP contribution in [0.15, 0.2) is 36.4 Å². The second-order valence-corrected chi connectivity index (χ2v) is 9.36. The van der Waals surface area contributed by atoms with Crippen molar-refractivity contribution in [1.82, 2.24) is 4.57 Å². The Labute approximate surface area is 188 Å². The SMILES string of the molecule is COC(=O)c1ccc2c(C3CCCCC3)c3n(c2c1)CCCN1C(=O)Cc2cccc-3c21. The third-order valence-electron chi connectivity index (χ3n) is 7.59. The molecule has 2 aromatic carbocycles. The molecule has 2 aliphatic heterocycles. The average Bonchev–Trinajstić information content (AvgIpc) is 3.31. The molecular weight excluding hydrogens is 400 g/mol. The van der Waals surface area contributed by atoms with E-state index in [9.17, 15) is 9.59 Å². The highest BCUT2D eigenvalue weighted by Crippen LogP contribution is 2.49. The number of carbonyl (C=O) groups excluding carboxylic acids is 2. The van der Waals surface area contributed by atoms with Crippen LogP contribution in [0.2, 0.25) is 0 Å². The molecule has 0 atom stereocenters. The fourth-order valence-electron chi connectivity index (χ4n) is 6.20. The molecule has 3 heterocycles. The highest BCUT2D eigenvalue weighted by Gasteiger charge is 2.35. The number of hydrogen-bond donors (Lipinski definition) is 0. The lowest BCUT2D eigenvalue weighted by Crippen LogP contribution is -2.30. The van der Waals surface area contributed by atoms with Gasteiger partial charge in [-0.2, -0.15) is 0 Å². The number of benzene rings is 2. The van der Waals surface area contributed by atoms with Gasteiger partial charge in [-0.1, -0.05) is 43.5 Å². The van der Waals surface area contributed by atoms with Gasteiger partial charge in [-0.25, -0.2) is 4.79 Å². The van der Waals surface area contributed by atoms with Crippen LogP contribution < -0.4 is 4.90 Å². The van der Waals surface area contributed by atoms with Crippen molar-refractivity contribution in [1.29, 1.82) is 0 Å². The predicted molar refractivity (Wildman–Crippen MR) is 125 cm³/mol. The van der Waals surface area contributed by atoms with Crippen molar-refractivity contribution in [2.45, 2.75) is 57.4 Å². The summed E-state index contributed by atoms with van der Waals surface area (Å²) in [4.78, 5) is 27.1. The number of anilines is 1. The second-order valence-electron chi connectivity index (χ2n) is 9.36. The quantitative estimate of drug-likeness (QED) is 0.511. The minimum Gasteiger partial charge on any atom is -0.465 e. The average molecular weight is 429 g/mol. The molecule has 0 bridgehead atoms. The van der Waals surface area contributed by atoms with Gasteiger partial charge in [-0.3, -0.25) is 4.79 Å². The Bertz CT molecular complexity index is 1250. The van der Waals surface area contributed by atoms with Crippen molar-refractivity contribution in [2.24, 2.45) is 0 Å². The highest BCUT2D eigenvalue weighted by molar-refractivity contribution is 6.07. The van der Waals surface area contributed by atoms with Crippen molar-refractivity contribution in [3.63, 3.8) is 0 Å². The summed E-state index contributed by atoms with van der Waals surface area (Å²) >= 11 is 0. The van der Waals surface area contributed by atoms with Gasteiger partial charge in [0.1, 0.15) is 0 Å². The predicted octanol–water partition coefficient (Wildman–Crippen LogP) is 5.44. The molecular formula is C27H28N2O3. The number of aryl methyl sites for hydroxylation is 1. The second kappa shape index (κ2) is 7.51. The van der Waals surface area contributed by atoms with E-state index >= 15 is 0 Å². The summed E-state index contributed by atoms with van der Waals surface area (Å²) in [5.41, 5.74) is 7.77. The van der Waals surface area contributed by atoms with Gasteiger partial charge in [0.25, 0.3) is 0 Å². The third kappa shape index (κ3) is 2.83. The molecule has 32 heavy (non-hydrogen) atoms. The number of ether oxygens (including phenoxy) is 1. The molecule has 3 aliphatic rings. The topological polar surface area (TPSA) is 51.5 Å². The number of aromatic nitrogens is 1. The first-order chi connectivity index (χ1) is 15.7. The first-order valence-electron chi connectivity index (χ1n) is 11.8. The van der Waals surface area contributed by atoms with Crippen molar-refractivity contribution in [3.8, 4) is 11.3 Å². The van der Waals surface area contributed by atoms with Gasteiger partial charge in [-0.05, 0) is 48.4 Å². The Balaban J connectivity index is 1.68. The minimum absolute atomic E-state index is 0.212. The van der Waals surface area contributed by atoms with Crippen molar-refractivity contribution in [3.05, 3.63) is 53.1 Å². The largest absolute Gasteiger partial charge is 0.465 e. The maximum Gasteiger partial charge on any atom is 0.337 e. The number of esters is 1. The van der Waals surface area contributed by atoms with Crippen LogP contribution in [0.5, 0.6) is 0 Å². The number of carbonyl (C=O) groups is 2. The molecule has 0 unspecified atom stereocenters. The number of nitrogens with zero attached hydrogens (tertiary/aromatic N) is 2. The van der Waals surface area contributed by atoms with E-state index in [2.05, 4.69) is 28.8 Å². The smallest absolute Gasteiger partial charge is 0.337 e. The lowest BCUT2D eigenvalue weighted by Gasteiger charge is -2.28. The highest BCUT2D eigenvalue weighted by atomic mass is 16.5. The first kappa shape index (κ1) is 19.6. The lowest BCUT2D eigenvalue weighted by molar-refractivity contribution is -0.117. The molecule has 1 fully saturated rings. The standard InChI is InChI=1S/C27H28N2O3/c1-32-27(31)19-11-12-20-22(15-19)28-13-6-14-29-23(30)16-18-9-5-10-21(25(18)29)26(28)24(20)17-7-3-2-4-8-17/h5,9-12,15,17H,2-4,6-8,13-14,16H2,1H3. The number of amides is 1. The Hall–Kier alpha value is -3.08.